The molecule has 1 fully saturated rings. The molecule has 1 aromatic heterocycles. The van der Waals surface area contributed by atoms with Crippen LogP contribution in [0.25, 0.3) is 0 Å². The van der Waals surface area contributed by atoms with E-state index in [-0.39, 0.29) is 5.95 Å². The summed E-state index contributed by atoms with van der Waals surface area (Å²) in [6, 6.07) is 0. The lowest BCUT2D eigenvalue weighted by atomic mass is 10.0. The zero-order valence-electron chi connectivity index (χ0n) is 10.8. The maximum Gasteiger partial charge on any atom is 0.354 e. The van der Waals surface area contributed by atoms with Crippen LogP contribution < -0.4 is 11.4 Å². The molecule has 8 nitrogen and oxygen atoms in total. The second kappa shape index (κ2) is 5.24. The number of aromatic nitrogens is 3. The van der Waals surface area contributed by atoms with Crippen molar-refractivity contribution in [3.8, 4) is 0 Å². The molecule has 0 radical (unpaired) electrons. The standard InChI is InChI=1S/C11H18N4O4/c1-5(2)3-6-7(16)8(17)9(19-6)15-4-13-10(12)14-11(15)18/h4-9,16-17H,3H2,1-2H3,(H2,12,14,18)/t6-,7+,8?,9-/m1/s1. The minimum Gasteiger partial charge on any atom is -0.388 e. The summed E-state index contributed by atoms with van der Waals surface area (Å²) in [5.41, 5.74) is 4.62. The topological polar surface area (TPSA) is 123 Å². The van der Waals surface area contributed by atoms with Gasteiger partial charge in [-0.15, -0.1) is 0 Å². The van der Waals surface area contributed by atoms with Crippen LogP contribution in [0, 0.1) is 5.92 Å². The molecule has 1 saturated heterocycles. The molecule has 4 atom stereocenters. The van der Waals surface area contributed by atoms with Gasteiger partial charge in [0.1, 0.15) is 18.5 Å². The first-order chi connectivity index (χ1) is 8.90. The number of nitrogen functional groups attached to an aromatic ring is 1. The van der Waals surface area contributed by atoms with E-state index in [1.54, 1.807) is 0 Å². The van der Waals surface area contributed by atoms with Crippen molar-refractivity contribution in [2.75, 3.05) is 5.73 Å². The highest BCUT2D eigenvalue weighted by Gasteiger charge is 2.44. The number of anilines is 1. The lowest BCUT2D eigenvalue weighted by Crippen LogP contribution is -2.36. The van der Waals surface area contributed by atoms with Crippen LogP contribution in [-0.2, 0) is 4.74 Å². The van der Waals surface area contributed by atoms with Crippen molar-refractivity contribution >= 4 is 5.95 Å². The predicted octanol–water partition coefficient (Wildman–Crippen LogP) is -1.11. The van der Waals surface area contributed by atoms with Gasteiger partial charge in [0.15, 0.2) is 6.23 Å². The largest absolute Gasteiger partial charge is 0.388 e. The Morgan fingerprint density at radius 1 is 1.47 bits per heavy atom. The van der Waals surface area contributed by atoms with Gasteiger partial charge in [-0.25, -0.2) is 9.78 Å². The maximum absolute atomic E-state index is 11.7. The summed E-state index contributed by atoms with van der Waals surface area (Å²) >= 11 is 0. The van der Waals surface area contributed by atoms with Gasteiger partial charge in [0.25, 0.3) is 0 Å². The van der Waals surface area contributed by atoms with Crippen LogP contribution in [0.4, 0.5) is 5.95 Å². The van der Waals surface area contributed by atoms with Crippen LogP contribution in [0.5, 0.6) is 0 Å². The van der Waals surface area contributed by atoms with E-state index in [2.05, 4.69) is 9.97 Å². The number of aliphatic hydroxyl groups is 2. The molecular formula is C11H18N4O4. The highest BCUT2D eigenvalue weighted by Crippen LogP contribution is 2.31. The summed E-state index contributed by atoms with van der Waals surface area (Å²) in [5, 5.41) is 19.9. The lowest BCUT2D eigenvalue weighted by molar-refractivity contribution is -0.0452. The number of ether oxygens (including phenoxy) is 1. The van der Waals surface area contributed by atoms with Gasteiger partial charge in [-0.1, -0.05) is 13.8 Å². The Morgan fingerprint density at radius 3 is 2.74 bits per heavy atom. The summed E-state index contributed by atoms with van der Waals surface area (Å²) in [6.07, 6.45) is -2.02. The fraction of sp³-hybridized carbons (Fsp3) is 0.727. The van der Waals surface area contributed by atoms with Gasteiger partial charge in [-0.3, -0.25) is 4.57 Å². The fourth-order valence-corrected chi connectivity index (χ4v) is 2.15. The van der Waals surface area contributed by atoms with Crippen LogP contribution in [0.2, 0.25) is 0 Å². The van der Waals surface area contributed by atoms with E-state index in [4.69, 9.17) is 10.5 Å². The first kappa shape index (κ1) is 13.9. The van der Waals surface area contributed by atoms with Crippen molar-refractivity contribution in [1.82, 2.24) is 14.5 Å². The van der Waals surface area contributed by atoms with Gasteiger partial charge in [0, 0.05) is 0 Å². The van der Waals surface area contributed by atoms with Crippen LogP contribution in [0.1, 0.15) is 26.5 Å². The molecule has 0 saturated carbocycles. The third-order valence-corrected chi connectivity index (χ3v) is 3.06. The average molecular weight is 270 g/mol. The van der Waals surface area contributed by atoms with Crippen molar-refractivity contribution < 1.29 is 14.9 Å². The minimum atomic E-state index is -1.20. The Balaban J connectivity index is 2.24. The Kier molecular flexibility index (Phi) is 3.83. The van der Waals surface area contributed by atoms with Gasteiger partial charge >= 0.3 is 5.69 Å². The summed E-state index contributed by atoms with van der Waals surface area (Å²) < 4.78 is 6.58. The van der Waals surface area contributed by atoms with Gasteiger partial charge in [0.2, 0.25) is 5.95 Å². The summed E-state index contributed by atoms with van der Waals surface area (Å²) in [7, 11) is 0. The van der Waals surface area contributed by atoms with E-state index in [1.165, 1.54) is 0 Å². The molecule has 8 heteroatoms. The summed E-state index contributed by atoms with van der Waals surface area (Å²) in [5.74, 6) is 0.151. The van der Waals surface area contributed by atoms with Crippen LogP contribution in [0.3, 0.4) is 0 Å². The molecule has 0 aromatic carbocycles. The molecule has 1 aromatic rings. The number of hydrogen-bond acceptors (Lipinski definition) is 7. The third-order valence-electron chi connectivity index (χ3n) is 3.06. The zero-order chi connectivity index (χ0) is 14.2. The minimum absolute atomic E-state index is 0.145. The van der Waals surface area contributed by atoms with E-state index >= 15 is 0 Å². The van der Waals surface area contributed by atoms with E-state index in [9.17, 15) is 15.0 Å². The van der Waals surface area contributed by atoms with Crippen molar-refractivity contribution in [2.45, 2.75) is 44.8 Å². The quantitative estimate of drug-likeness (QED) is 0.636. The molecule has 1 aliphatic rings. The number of hydrogen-bond donors (Lipinski definition) is 3. The highest BCUT2D eigenvalue weighted by atomic mass is 16.6. The molecule has 1 aliphatic heterocycles. The van der Waals surface area contributed by atoms with Gasteiger partial charge in [-0.05, 0) is 12.3 Å². The van der Waals surface area contributed by atoms with E-state index in [0.29, 0.717) is 12.3 Å². The molecule has 0 aliphatic carbocycles. The van der Waals surface area contributed by atoms with Crippen LogP contribution >= 0.6 is 0 Å². The van der Waals surface area contributed by atoms with E-state index in [0.717, 1.165) is 10.9 Å². The maximum atomic E-state index is 11.7. The Bertz CT molecular complexity index is 504. The highest BCUT2D eigenvalue weighted by molar-refractivity contribution is 5.10. The summed E-state index contributed by atoms with van der Waals surface area (Å²) in [4.78, 5) is 18.8. The smallest absolute Gasteiger partial charge is 0.354 e. The Labute approximate surface area is 109 Å². The normalized spacial score (nSPS) is 31.0. The number of rotatable bonds is 3. The number of aliphatic hydroxyl groups excluding tert-OH is 2. The van der Waals surface area contributed by atoms with Crippen LogP contribution in [-0.4, -0.2) is 43.1 Å². The monoisotopic (exact) mass is 270 g/mol. The van der Waals surface area contributed by atoms with Crippen LogP contribution in [0.15, 0.2) is 11.1 Å². The molecule has 0 amide bonds. The average Bonchev–Trinajstić information content (AvgIpc) is 2.57. The fourth-order valence-electron chi connectivity index (χ4n) is 2.15. The van der Waals surface area contributed by atoms with Gasteiger partial charge < -0.3 is 20.7 Å². The van der Waals surface area contributed by atoms with Gasteiger partial charge in [-0.2, -0.15) is 4.98 Å². The molecule has 4 N–H and O–H groups in total. The van der Waals surface area contributed by atoms with E-state index in [1.807, 2.05) is 13.8 Å². The summed E-state index contributed by atoms with van der Waals surface area (Å²) in [6.45, 7) is 3.96. The van der Waals surface area contributed by atoms with Crippen molar-refractivity contribution in [1.29, 1.82) is 0 Å². The first-order valence-corrected chi connectivity index (χ1v) is 6.12. The van der Waals surface area contributed by atoms with Crippen molar-refractivity contribution in [3.05, 3.63) is 16.8 Å². The number of nitrogens with two attached hydrogens (primary N) is 1. The molecule has 0 bridgehead atoms. The molecule has 19 heavy (non-hydrogen) atoms. The SMILES string of the molecule is CC(C)C[C@H]1O[C@@H](n2cnc(N)nc2=O)C(O)[C@H]1O. The zero-order valence-corrected chi connectivity index (χ0v) is 10.8. The molecule has 1 unspecified atom stereocenters. The first-order valence-electron chi connectivity index (χ1n) is 6.12. The third kappa shape index (κ3) is 2.75. The van der Waals surface area contributed by atoms with E-state index < -0.39 is 30.2 Å². The molecule has 106 valence electrons. The Morgan fingerprint density at radius 2 is 2.16 bits per heavy atom. The molecule has 2 heterocycles. The number of nitrogens with zero attached hydrogens (tertiary/aromatic N) is 3. The van der Waals surface area contributed by atoms with Gasteiger partial charge in [0.05, 0.1) is 6.10 Å². The second-order valence-electron chi connectivity index (χ2n) is 5.08. The second-order valence-corrected chi connectivity index (χ2v) is 5.08. The van der Waals surface area contributed by atoms with Crippen molar-refractivity contribution in [3.63, 3.8) is 0 Å². The molecule has 0 spiro atoms. The predicted molar refractivity (Wildman–Crippen MR) is 66.1 cm³/mol. The Hall–Kier alpha value is -1.51. The van der Waals surface area contributed by atoms with Crippen molar-refractivity contribution in [2.24, 2.45) is 5.92 Å². The lowest BCUT2D eigenvalue weighted by Gasteiger charge is -2.16. The molecular weight excluding hydrogens is 252 g/mol. The molecule has 2 rings (SSSR count).